The van der Waals surface area contributed by atoms with E-state index in [1.807, 2.05) is 13.0 Å². The van der Waals surface area contributed by atoms with Crippen LogP contribution in [0.15, 0.2) is 42.9 Å². The average Bonchev–Trinajstić information content (AvgIpc) is 2.47. The maximum absolute atomic E-state index is 11.2. The Morgan fingerprint density at radius 2 is 1.62 bits per heavy atom. The lowest BCUT2D eigenvalue weighted by atomic mass is 10.1. The van der Waals surface area contributed by atoms with Gasteiger partial charge in [-0.05, 0) is 17.5 Å². The summed E-state index contributed by atoms with van der Waals surface area (Å²) in [6, 6.07) is 6.89. The maximum atomic E-state index is 11.2. The standard InChI is InChI=1S/C15H14N2O4/c1-2-3-13-10-12(6-9-17(13)15(20)21)11-4-7-16(8-5-11)14(18)19/h4-10H,2-3H2,1H3/p+2. The first-order valence-corrected chi connectivity index (χ1v) is 6.55. The van der Waals surface area contributed by atoms with E-state index >= 15 is 0 Å². The van der Waals surface area contributed by atoms with Crippen LogP contribution in [0.3, 0.4) is 0 Å². The molecule has 0 aliphatic carbocycles. The SMILES string of the molecule is CCCc1cc(-c2cc[n+](C(=O)O)cc2)cc[n+]1C(=O)O. The molecule has 0 atom stereocenters. The van der Waals surface area contributed by atoms with Gasteiger partial charge in [-0.1, -0.05) is 16.1 Å². The van der Waals surface area contributed by atoms with Gasteiger partial charge in [-0.2, -0.15) is 9.59 Å². The smallest absolute Gasteiger partial charge is 0.427 e. The second-order valence-electron chi connectivity index (χ2n) is 4.59. The van der Waals surface area contributed by atoms with Crippen molar-refractivity contribution in [2.45, 2.75) is 19.8 Å². The molecule has 0 spiro atoms. The summed E-state index contributed by atoms with van der Waals surface area (Å²) in [5.74, 6) is 0. The molecule has 6 heteroatoms. The van der Waals surface area contributed by atoms with Crippen molar-refractivity contribution < 1.29 is 28.9 Å². The number of aromatic nitrogens is 2. The van der Waals surface area contributed by atoms with Crippen molar-refractivity contribution >= 4 is 12.2 Å². The molecule has 0 bridgehead atoms. The Bertz CT molecular complexity index is 681. The molecular weight excluding hydrogens is 272 g/mol. The van der Waals surface area contributed by atoms with Crippen molar-refractivity contribution in [3.8, 4) is 11.1 Å². The largest absolute Gasteiger partial charge is 0.599 e. The second kappa shape index (κ2) is 6.13. The number of pyridine rings is 2. The van der Waals surface area contributed by atoms with Gasteiger partial charge in [0.25, 0.3) is 0 Å². The molecule has 2 heterocycles. The molecule has 0 amide bonds. The van der Waals surface area contributed by atoms with Crippen molar-refractivity contribution in [2.75, 3.05) is 0 Å². The van der Waals surface area contributed by atoms with Crippen LogP contribution in [0.1, 0.15) is 19.0 Å². The minimum atomic E-state index is -1.05. The minimum Gasteiger partial charge on any atom is -0.427 e. The van der Waals surface area contributed by atoms with E-state index in [-0.39, 0.29) is 0 Å². The first-order valence-electron chi connectivity index (χ1n) is 6.55. The Hall–Kier alpha value is -2.76. The predicted molar refractivity (Wildman–Crippen MR) is 73.1 cm³/mol. The van der Waals surface area contributed by atoms with Gasteiger partial charge in [-0.25, -0.2) is 0 Å². The first kappa shape index (κ1) is 14.6. The lowest BCUT2D eigenvalue weighted by Crippen LogP contribution is -2.45. The Balaban J connectivity index is 2.42. The molecule has 0 saturated carbocycles. The number of hydrogen-bond donors (Lipinski definition) is 2. The van der Waals surface area contributed by atoms with Gasteiger partial charge in [0.15, 0.2) is 24.3 Å². The van der Waals surface area contributed by atoms with Gasteiger partial charge < -0.3 is 10.2 Å². The van der Waals surface area contributed by atoms with E-state index in [9.17, 15) is 9.59 Å². The molecule has 0 unspecified atom stereocenters. The maximum Gasteiger partial charge on any atom is 0.599 e. The highest BCUT2D eigenvalue weighted by atomic mass is 16.4. The number of aryl methyl sites for hydroxylation is 1. The van der Waals surface area contributed by atoms with E-state index < -0.39 is 12.2 Å². The molecule has 2 rings (SSSR count). The third-order valence-electron chi connectivity index (χ3n) is 3.13. The fourth-order valence-electron chi connectivity index (χ4n) is 2.11. The average molecular weight is 288 g/mol. The number of rotatable bonds is 3. The summed E-state index contributed by atoms with van der Waals surface area (Å²) in [4.78, 5) is 22.0. The van der Waals surface area contributed by atoms with Crippen molar-refractivity contribution in [3.05, 3.63) is 48.5 Å². The lowest BCUT2D eigenvalue weighted by Gasteiger charge is -2.02. The van der Waals surface area contributed by atoms with Crippen molar-refractivity contribution in [1.29, 1.82) is 0 Å². The number of carboxylic acid groups (broad SMARTS) is 2. The van der Waals surface area contributed by atoms with Gasteiger partial charge in [-0.15, -0.1) is 0 Å². The van der Waals surface area contributed by atoms with Crippen LogP contribution >= 0.6 is 0 Å². The summed E-state index contributed by atoms with van der Waals surface area (Å²) in [7, 11) is 0. The summed E-state index contributed by atoms with van der Waals surface area (Å²) < 4.78 is 2.25. The number of hydrogen-bond acceptors (Lipinski definition) is 2. The van der Waals surface area contributed by atoms with E-state index in [1.54, 1.807) is 18.2 Å². The highest BCUT2D eigenvalue weighted by molar-refractivity contribution is 5.63. The quantitative estimate of drug-likeness (QED) is 0.845. The third kappa shape index (κ3) is 3.22. The molecule has 2 aromatic rings. The molecule has 6 nitrogen and oxygen atoms in total. The van der Waals surface area contributed by atoms with Gasteiger partial charge in [0.05, 0.1) is 0 Å². The zero-order valence-corrected chi connectivity index (χ0v) is 11.6. The molecule has 0 aliphatic rings. The van der Waals surface area contributed by atoms with Crippen LogP contribution < -0.4 is 9.13 Å². The zero-order valence-electron chi connectivity index (χ0n) is 11.6. The van der Waals surface area contributed by atoms with Crippen LogP contribution in [0.4, 0.5) is 9.59 Å². The van der Waals surface area contributed by atoms with Crippen LogP contribution in [0.2, 0.25) is 0 Å². The molecule has 0 aromatic carbocycles. The lowest BCUT2D eigenvalue weighted by molar-refractivity contribution is -0.592. The molecule has 0 saturated heterocycles. The minimum absolute atomic E-state index is 0.655. The summed E-state index contributed by atoms with van der Waals surface area (Å²) in [5.41, 5.74) is 2.40. The Morgan fingerprint density at radius 1 is 1.00 bits per heavy atom. The van der Waals surface area contributed by atoms with Crippen LogP contribution in [0, 0.1) is 0 Å². The topological polar surface area (TPSA) is 82.4 Å². The van der Waals surface area contributed by atoms with E-state index in [4.69, 9.17) is 10.2 Å². The first-order chi connectivity index (χ1) is 10.0. The van der Waals surface area contributed by atoms with Gasteiger partial charge in [0.1, 0.15) is 0 Å². The molecule has 0 fully saturated rings. The monoisotopic (exact) mass is 288 g/mol. The molecular formula is C15H16N2O4+2. The molecule has 2 aromatic heterocycles. The Morgan fingerprint density at radius 3 is 2.14 bits per heavy atom. The zero-order chi connectivity index (χ0) is 15.4. The fourth-order valence-corrected chi connectivity index (χ4v) is 2.11. The van der Waals surface area contributed by atoms with E-state index in [2.05, 4.69) is 0 Å². The molecule has 0 aliphatic heterocycles. The highest BCUT2D eigenvalue weighted by Gasteiger charge is 2.19. The van der Waals surface area contributed by atoms with Crippen LogP contribution in [0.25, 0.3) is 11.1 Å². The number of nitrogens with zero attached hydrogens (tertiary/aromatic N) is 2. The summed E-state index contributed by atoms with van der Waals surface area (Å²) in [5, 5.41) is 18.0. The van der Waals surface area contributed by atoms with Crippen molar-refractivity contribution in [3.63, 3.8) is 0 Å². The van der Waals surface area contributed by atoms with Gasteiger partial charge in [0.2, 0.25) is 0 Å². The highest BCUT2D eigenvalue weighted by Crippen LogP contribution is 2.18. The summed E-state index contributed by atoms with van der Waals surface area (Å²) in [6.07, 6.45) is 3.85. The predicted octanol–water partition coefficient (Wildman–Crippen LogP) is 1.93. The molecule has 2 N–H and O–H groups in total. The van der Waals surface area contributed by atoms with E-state index in [0.717, 1.165) is 22.1 Å². The van der Waals surface area contributed by atoms with Crippen molar-refractivity contribution in [1.82, 2.24) is 0 Å². The van der Waals surface area contributed by atoms with Crippen LogP contribution in [0.5, 0.6) is 0 Å². The Kier molecular flexibility index (Phi) is 4.27. The third-order valence-corrected chi connectivity index (χ3v) is 3.13. The molecule has 108 valence electrons. The van der Waals surface area contributed by atoms with Gasteiger partial charge in [-0.3, -0.25) is 0 Å². The Labute approximate surface area is 121 Å². The number of carbonyl (C=O) groups is 2. The van der Waals surface area contributed by atoms with Gasteiger partial charge >= 0.3 is 12.2 Å². The summed E-state index contributed by atoms with van der Waals surface area (Å²) in [6.45, 7) is 1.98. The van der Waals surface area contributed by atoms with Crippen LogP contribution in [-0.4, -0.2) is 22.4 Å². The summed E-state index contributed by atoms with van der Waals surface area (Å²) >= 11 is 0. The van der Waals surface area contributed by atoms with Gasteiger partial charge in [0, 0.05) is 30.7 Å². The van der Waals surface area contributed by atoms with E-state index in [1.165, 1.54) is 23.2 Å². The normalized spacial score (nSPS) is 10.3. The van der Waals surface area contributed by atoms with Crippen molar-refractivity contribution in [2.24, 2.45) is 0 Å². The van der Waals surface area contributed by atoms with E-state index in [0.29, 0.717) is 12.1 Å². The molecule has 21 heavy (non-hydrogen) atoms. The second-order valence-corrected chi connectivity index (χ2v) is 4.59. The van der Waals surface area contributed by atoms with Crippen LogP contribution in [-0.2, 0) is 6.42 Å². The fraction of sp³-hybridized carbons (Fsp3) is 0.200. The molecule has 0 radical (unpaired) electrons.